The Morgan fingerprint density at radius 3 is 2.29 bits per heavy atom. The first-order valence-electron chi connectivity index (χ1n) is 9.81. The molecule has 31 heavy (non-hydrogen) atoms. The highest BCUT2D eigenvalue weighted by Gasteiger charge is 2.50. The summed E-state index contributed by atoms with van der Waals surface area (Å²) in [7, 11) is -4.23. The summed E-state index contributed by atoms with van der Waals surface area (Å²) in [5.41, 5.74) is 0.198. The van der Waals surface area contributed by atoms with E-state index in [0.717, 1.165) is 34.2 Å². The minimum absolute atomic E-state index is 0.0143. The van der Waals surface area contributed by atoms with Gasteiger partial charge in [-0.25, -0.2) is 17.7 Å². The van der Waals surface area contributed by atoms with Crippen molar-refractivity contribution in [2.24, 2.45) is 0 Å². The van der Waals surface area contributed by atoms with E-state index in [9.17, 15) is 22.4 Å². The summed E-state index contributed by atoms with van der Waals surface area (Å²) in [6.07, 6.45) is 2.48. The first-order valence-corrected chi connectivity index (χ1v) is 12.0. The lowest BCUT2D eigenvalue weighted by Gasteiger charge is -2.32. The van der Waals surface area contributed by atoms with Gasteiger partial charge in [0.25, 0.3) is 5.91 Å². The molecule has 0 radical (unpaired) electrons. The number of rotatable bonds is 5. The zero-order chi connectivity index (χ0) is 22.3. The fourth-order valence-corrected chi connectivity index (χ4v) is 6.81. The lowest BCUT2D eigenvalue weighted by Crippen LogP contribution is -2.49. The maximum atomic E-state index is 13.7. The van der Waals surface area contributed by atoms with Crippen molar-refractivity contribution in [2.75, 3.05) is 4.90 Å². The van der Waals surface area contributed by atoms with Crippen LogP contribution in [0.2, 0.25) is 10.0 Å². The van der Waals surface area contributed by atoms with Crippen molar-refractivity contribution in [2.45, 2.75) is 49.1 Å². The van der Waals surface area contributed by atoms with Crippen molar-refractivity contribution >= 4 is 50.7 Å². The lowest BCUT2D eigenvalue weighted by atomic mass is 10.2. The van der Waals surface area contributed by atoms with Crippen LogP contribution in [0.3, 0.4) is 0 Å². The number of benzene rings is 2. The summed E-state index contributed by atoms with van der Waals surface area (Å²) in [6.45, 7) is 0. The predicted molar refractivity (Wildman–Crippen MR) is 115 cm³/mol. The largest absolute Gasteiger partial charge is 0.274 e. The highest BCUT2D eigenvalue weighted by molar-refractivity contribution is 7.89. The van der Waals surface area contributed by atoms with Gasteiger partial charge in [0.2, 0.25) is 15.9 Å². The number of amides is 2. The third-order valence-corrected chi connectivity index (χ3v) is 8.33. The van der Waals surface area contributed by atoms with Crippen LogP contribution in [-0.4, -0.2) is 36.6 Å². The van der Waals surface area contributed by atoms with Crippen LogP contribution >= 0.6 is 23.2 Å². The van der Waals surface area contributed by atoms with Gasteiger partial charge in [-0.2, -0.15) is 4.31 Å². The summed E-state index contributed by atoms with van der Waals surface area (Å²) < 4.78 is 41.8. The van der Waals surface area contributed by atoms with E-state index in [1.165, 1.54) is 30.3 Å². The van der Waals surface area contributed by atoms with E-state index in [-0.39, 0.29) is 27.0 Å². The molecule has 2 aromatic rings. The topological polar surface area (TPSA) is 74.8 Å². The van der Waals surface area contributed by atoms with E-state index in [1.54, 1.807) is 0 Å². The number of sulfonamides is 1. The fraction of sp³-hybridized carbons (Fsp3) is 0.333. The smallest absolute Gasteiger partial charge is 0.252 e. The number of halogens is 3. The van der Waals surface area contributed by atoms with Gasteiger partial charge in [-0.3, -0.25) is 9.59 Å². The molecule has 1 atom stereocenters. The van der Waals surface area contributed by atoms with E-state index in [2.05, 4.69) is 0 Å². The Morgan fingerprint density at radius 2 is 1.65 bits per heavy atom. The number of carbonyl (C=O) groups excluding carboxylic acids is 2. The van der Waals surface area contributed by atoms with Crippen LogP contribution < -0.4 is 4.90 Å². The standard InChI is InChI=1S/C21H19Cl2FN2O4S/c22-13-5-10-17(23)19(11-13)31(29,30)26(16-3-1-2-4-16)18-12-20(27)25(21(18)28)15-8-6-14(24)7-9-15/h5-11,16,18H,1-4,12H2. The first kappa shape index (κ1) is 22.2. The van der Waals surface area contributed by atoms with Crippen molar-refractivity contribution in [3.05, 3.63) is 58.3 Å². The van der Waals surface area contributed by atoms with Gasteiger partial charge in [0.15, 0.2) is 0 Å². The fourth-order valence-electron chi connectivity index (χ4n) is 4.24. The molecule has 2 aliphatic rings. The Kier molecular flexibility index (Phi) is 6.09. The molecule has 164 valence electrons. The van der Waals surface area contributed by atoms with Gasteiger partial charge in [-0.15, -0.1) is 0 Å². The molecule has 10 heteroatoms. The Balaban J connectivity index is 1.77. The van der Waals surface area contributed by atoms with Crippen molar-refractivity contribution < 1.29 is 22.4 Å². The Bertz CT molecular complexity index is 1130. The molecular formula is C21H19Cl2FN2O4S. The second kappa shape index (κ2) is 8.50. The molecular weight excluding hydrogens is 466 g/mol. The molecule has 0 bridgehead atoms. The summed E-state index contributed by atoms with van der Waals surface area (Å²) in [5.74, 6) is -1.72. The zero-order valence-corrected chi connectivity index (χ0v) is 18.6. The van der Waals surface area contributed by atoms with Crippen LogP contribution in [0.5, 0.6) is 0 Å². The summed E-state index contributed by atoms with van der Waals surface area (Å²) >= 11 is 12.2. The maximum absolute atomic E-state index is 13.7. The molecule has 0 N–H and O–H groups in total. The summed E-state index contributed by atoms with van der Waals surface area (Å²) in [4.78, 5) is 26.7. The van der Waals surface area contributed by atoms with Crippen LogP contribution in [0.4, 0.5) is 10.1 Å². The van der Waals surface area contributed by atoms with Crippen LogP contribution in [-0.2, 0) is 19.6 Å². The summed E-state index contributed by atoms with van der Waals surface area (Å²) in [6, 6.07) is 7.38. The number of imide groups is 1. The number of nitrogens with zero attached hydrogens (tertiary/aromatic N) is 2. The molecule has 1 saturated carbocycles. The van der Waals surface area contributed by atoms with E-state index < -0.39 is 39.7 Å². The molecule has 1 aliphatic heterocycles. The highest BCUT2D eigenvalue weighted by Crippen LogP contribution is 2.37. The molecule has 1 aliphatic carbocycles. The maximum Gasteiger partial charge on any atom is 0.252 e. The Labute approximate surface area is 189 Å². The molecule has 4 rings (SSSR count). The number of hydrogen-bond donors (Lipinski definition) is 0. The van der Waals surface area contributed by atoms with Crippen molar-refractivity contribution in [3.8, 4) is 0 Å². The molecule has 1 heterocycles. The van der Waals surface area contributed by atoms with Gasteiger partial charge in [-0.05, 0) is 55.3 Å². The number of anilines is 1. The van der Waals surface area contributed by atoms with Crippen LogP contribution in [0, 0.1) is 5.82 Å². The molecule has 1 saturated heterocycles. The zero-order valence-electron chi connectivity index (χ0n) is 16.3. The average molecular weight is 485 g/mol. The molecule has 6 nitrogen and oxygen atoms in total. The predicted octanol–water partition coefficient (Wildman–Crippen LogP) is 4.40. The Morgan fingerprint density at radius 1 is 1.00 bits per heavy atom. The average Bonchev–Trinajstić information content (AvgIpc) is 3.33. The first-order chi connectivity index (χ1) is 14.7. The highest BCUT2D eigenvalue weighted by atomic mass is 35.5. The normalized spacial score (nSPS) is 20.3. The minimum Gasteiger partial charge on any atom is -0.274 e. The number of carbonyl (C=O) groups is 2. The van der Waals surface area contributed by atoms with Gasteiger partial charge in [0.1, 0.15) is 16.8 Å². The minimum atomic E-state index is -4.23. The molecule has 2 fully saturated rings. The molecule has 2 aromatic carbocycles. The summed E-state index contributed by atoms with van der Waals surface area (Å²) in [5, 5.41) is 0.177. The molecule has 0 spiro atoms. The van der Waals surface area contributed by atoms with Crippen molar-refractivity contribution in [1.82, 2.24) is 4.31 Å². The van der Waals surface area contributed by atoms with E-state index in [4.69, 9.17) is 23.2 Å². The van der Waals surface area contributed by atoms with E-state index in [1.807, 2.05) is 0 Å². The van der Waals surface area contributed by atoms with Crippen molar-refractivity contribution in [1.29, 1.82) is 0 Å². The van der Waals surface area contributed by atoms with Gasteiger partial charge < -0.3 is 0 Å². The Hall–Kier alpha value is -2.00. The van der Waals surface area contributed by atoms with Gasteiger partial charge in [0.05, 0.1) is 17.1 Å². The van der Waals surface area contributed by atoms with Gasteiger partial charge >= 0.3 is 0 Å². The second-order valence-corrected chi connectivity index (χ2v) is 10.3. The van der Waals surface area contributed by atoms with Gasteiger partial charge in [0, 0.05) is 11.1 Å². The monoisotopic (exact) mass is 484 g/mol. The van der Waals surface area contributed by atoms with Crippen molar-refractivity contribution in [3.63, 3.8) is 0 Å². The third kappa shape index (κ3) is 4.09. The van der Waals surface area contributed by atoms with E-state index >= 15 is 0 Å². The molecule has 2 amide bonds. The number of hydrogen-bond acceptors (Lipinski definition) is 4. The second-order valence-electron chi connectivity index (χ2n) is 7.61. The third-order valence-electron chi connectivity index (χ3n) is 5.65. The van der Waals surface area contributed by atoms with Crippen LogP contribution in [0.25, 0.3) is 0 Å². The van der Waals surface area contributed by atoms with Crippen LogP contribution in [0.15, 0.2) is 47.4 Å². The van der Waals surface area contributed by atoms with E-state index in [0.29, 0.717) is 12.8 Å². The molecule has 0 aromatic heterocycles. The lowest BCUT2D eigenvalue weighted by molar-refractivity contribution is -0.122. The van der Waals surface area contributed by atoms with Crippen LogP contribution in [0.1, 0.15) is 32.1 Å². The quantitative estimate of drug-likeness (QED) is 0.589. The molecule has 1 unspecified atom stereocenters. The SMILES string of the molecule is O=C1CC(N(C2CCCC2)S(=O)(=O)c2cc(Cl)ccc2Cl)C(=O)N1c1ccc(F)cc1. The van der Waals surface area contributed by atoms with Gasteiger partial charge in [-0.1, -0.05) is 36.0 Å².